The molecular formula is C16H14. The predicted octanol–water partition coefficient (Wildman–Crippen LogP) is 4.50. The molecule has 0 spiro atoms. The first-order valence-electron chi connectivity index (χ1n) is 5.35. The maximum absolute atomic E-state index is 3.81. The van der Waals surface area contributed by atoms with Crippen molar-refractivity contribution in [1.82, 2.24) is 0 Å². The van der Waals surface area contributed by atoms with Gasteiger partial charge in [0.1, 0.15) is 0 Å². The second-order valence-corrected chi connectivity index (χ2v) is 3.58. The lowest BCUT2D eigenvalue weighted by molar-refractivity contribution is 1.61. The number of rotatable bonds is 3. The van der Waals surface area contributed by atoms with Crippen molar-refractivity contribution >= 4 is 18.2 Å². The van der Waals surface area contributed by atoms with Crippen molar-refractivity contribution in [3.63, 3.8) is 0 Å². The highest BCUT2D eigenvalue weighted by Gasteiger charge is 1.92. The third-order valence-electron chi connectivity index (χ3n) is 2.47. The zero-order chi connectivity index (χ0) is 11.2. The fourth-order valence-corrected chi connectivity index (χ4v) is 1.60. The topological polar surface area (TPSA) is 0 Å². The highest BCUT2D eigenvalue weighted by molar-refractivity contribution is 5.74. The molecular weight excluding hydrogens is 192 g/mol. The van der Waals surface area contributed by atoms with Crippen molar-refractivity contribution in [1.29, 1.82) is 0 Å². The summed E-state index contributed by atoms with van der Waals surface area (Å²) in [4.78, 5) is 0. The van der Waals surface area contributed by atoms with Gasteiger partial charge in [0.15, 0.2) is 0 Å². The van der Waals surface area contributed by atoms with E-state index in [1.165, 1.54) is 11.1 Å². The molecule has 2 rings (SSSR count). The first-order valence-corrected chi connectivity index (χ1v) is 5.35. The van der Waals surface area contributed by atoms with Crippen molar-refractivity contribution in [2.45, 2.75) is 0 Å². The van der Waals surface area contributed by atoms with Crippen molar-refractivity contribution < 1.29 is 0 Å². The Hall–Kier alpha value is -2.08. The molecule has 16 heavy (non-hydrogen) atoms. The second-order valence-electron chi connectivity index (χ2n) is 3.58. The summed E-state index contributed by atoms with van der Waals surface area (Å²) < 4.78 is 0. The van der Waals surface area contributed by atoms with Crippen molar-refractivity contribution in [2.24, 2.45) is 0 Å². The molecule has 0 bridgehead atoms. The van der Waals surface area contributed by atoms with E-state index in [0.29, 0.717) is 0 Å². The van der Waals surface area contributed by atoms with Crippen LogP contribution in [0.2, 0.25) is 0 Å². The van der Waals surface area contributed by atoms with Crippen molar-refractivity contribution in [3.05, 3.63) is 77.9 Å². The standard InChI is InChI=1S/C16H14/c1-2-15-10-6-7-11-16(15)13-12-14-8-4-3-5-9-14/h2-13H,1H2. The van der Waals surface area contributed by atoms with Crippen LogP contribution in [0.15, 0.2) is 61.2 Å². The quantitative estimate of drug-likeness (QED) is 0.648. The van der Waals surface area contributed by atoms with Gasteiger partial charge in [-0.2, -0.15) is 0 Å². The molecule has 0 aliphatic rings. The van der Waals surface area contributed by atoms with E-state index in [-0.39, 0.29) is 0 Å². The second kappa shape index (κ2) is 5.13. The van der Waals surface area contributed by atoms with E-state index in [0.717, 1.165) is 5.56 Å². The Morgan fingerprint density at radius 1 is 0.688 bits per heavy atom. The molecule has 2 aromatic carbocycles. The van der Waals surface area contributed by atoms with Crippen LogP contribution in [0.4, 0.5) is 0 Å². The van der Waals surface area contributed by atoms with Gasteiger partial charge in [0, 0.05) is 0 Å². The summed E-state index contributed by atoms with van der Waals surface area (Å²) in [6.45, 7) is 3.81. The van der Waals surface area contributed by atoms with E-state index in [1.807, 2.05) is 36.4 Å². The normalized spacial score (nSPS) is 10.5. The highest BCUT2D eigenvalue weighted by Crippen LogP contribution is 2.13. The van der Waals surface area contributed by atoms with E-state index >= 15 is 0 Å². The van der Waals surface area contributed by atoms with Crippen LogP contribution in [-0.2, 0) is 0 Å². The monoisotopic (exact) mass is 206 g/mol. The van der Waals surface area contributed by atoms with Crippen LogP contribution in [0.3, 0.4) is 0 Å². The molecule has 0 aliphatic heterocycles. The Kier molecular flexibility index (Phi) is 3.35. The van der Waals surface area contributed by atoms with Crippen LogP contribution in [0.5, 0.6) is 0 Å². The van der Waals surface area contributed by atoms with E-state index in [9.17, 15) is 0 Å². The van der Waals surface area contributed by atoms with Gasteiger partial charge in [0.05, 0.1) is 0 Å². The predicted molar refractivity (Wildman–Crippen MR) is 71.9 cm³/mol. The summed E-state index contributed by atoms with van der Waals surface area (Å²) in [6.07, 6.45) is 6.11. The Bertz CT molecular complexity index is 492. The Morgan fingerprint density at radius 2 is 1.31 bits per heavy atom. The van der Waals surface area contributed by atoms with Gasteiger partial charge in [-0.1, -0.05) is 79.4 Å². The van der Waals surface area contributed by atoms with Gasteiger partial charge in [0.25, 0.3) is 0 Å². The van der Waals surface area contributed by atoms with Crippen molar-refractivity contribution in [3.8, 4) is 0 Å². The van der Waals surface area contributed by atoms with Gasteiger partial charge in [0.2, 0.25) is 0 Å². The van der Waals surface area contributed by atoms with Gasteiger partial charge in [-0.15, -0.1) is 0 Å². The van der Waals surface area contributed by atoms with Gasteiger partial charge >= 0.3 is 0 Å². The van der Waals surface area contributed by atoms with E-state index in [2.05, 4.69) is 43.0 Å². The maximum atomic E-state index is 3.81. The van der Waals surface area contributed by atoms with E-state index < -0.39 is 0 Å². The molecule has 78 valence electrons. The summed E-state index contributed by atoms with van der Waals surface area (Å²) in [5, 5.41) is 0. The van der Waals surface area contributed by atoms with Crippen LogP contribution in [-0.4, -0.2) is 0 Å². The van der Waals surface area contributed by atoms with Crippen LogP contribution in [0.1, 0.15) is 16.7 Å². The fourth-order valence-electron chi connectivity index (χ4n) is 1.60. The summed E-state index contributed by atoms with van der Waals surface area (Å²) in [5.41, 5.74) is 3.57. The highest BCUT2D eigenvalue weighted by atomic mass is 14.0. The molecule has 0 atom stereocenters. The lowest BCUT2D eigenvalue weighted by Gasteiger charge is -1.99. The summed E-state index contributed by atoms with van der Waals surface area (Å²) in [7, 11) is 0. The zero-order valence-electron chi connectivity index (χ0n) is 9.14. The molecule has 0 nitrogen and oxygen atoms in total. The minimum absolute atomic E-state index is 1.16. The fraction of sp³-hybridized carbons (Fsp3) is 0. The molecule has 0 unspecified atom stereocenters. The molecule has 2 aromatic rings. The molecule has 0 saturated carbocycles. The number of benzene rings is 2. The third kappa shape index (κ3) is 2.48. The molecule has 0 amide bonds. The van der Waals surface area contributed by atoms with Crippen LogP contribution >= 0.6 is 0 Å². The number of hydrogen-bond acceptors (Lipinski definition) is 0. The van der Waals surface area contributed by atoms with Gasteiger partial charge in [-0.3, -0.25) is 0 Å². The largest absolute Gasteiger partial charge is 0.0984 e. The zero-order valence-corrected chi connectivity index (χ0v) is 9.14. The Morgan fingerprint density at radius 3 is 2.00 bits per heavy atom. The summed E-state index contributed by atoms with van der Waals surface area (Å²) >= 11 is 0. The average Bonchev–Trinajstić information content (AvgIpc) is 2.38. The van der Waals surface area contributed by atoms with E-state index in [1.54, 1.807) is 0 Å². The van der Waals surface area contributed by atoms with Gasteiger partial charge in [-0.05, 0) is 16.7 Å². The SMILES string of the molecule is C=Cc1ccccc1C=Cc1ccccc1. The van der Waals surface area contributed by atoms with Crippen LogP contribution < -0.4 is 0 Å². The molecule has 0 fully saturated rings. The molecule has 0 radical (unpaired) electrons. The minimum Gasteiger partial charge on any atom is -0.0984 e. The molecule has 0 aliphatic carbocycles. The van der Waals surface area contributed by atoms with Gasteiger partial charge in [-0.25, -0.2) is 0 Å². The lowest BCUT2D eigenvalue weighted by atomic mass is 10.1. The molecule has 0 saturated heterocycles. The third-order valence-corrected chi connectivity index (χ3v) is 2.47. The maximum Gasteiger partial charge on any atom is -0.0184 e. The van der Waals surface area contributed by atoms with Crippen LogP contribution in [0, 0.1) is 0 Å². The van der Waals surface area contributed by atoms with Crippen molar-refractivity contribution in [2.75, 3.05) is 0 Å². The summed E-state index contributed by atoms with van der Waals surface area (Å²) in [5.74, 6) is 0. The molecule has 0 N–H and O–H groups in total. The lowest BCUT2D eigenvalue weighted by Crippen LogP contribution is -1.78. The first kappa shape index (κ1) is 10.4. The summed E-state index contributed by atoms with van der Waals surface area (Å²) in [6, 6.07) is 18.5. The molecule has 0 heterocycles. The minimum atomic E-state index is 1.16. The van der Waals surface area contributed by atoms with E-state index in [4.69, 9.17) is 0 Å². The smallest absolute Gasteiger partial charge is 0.0184 e. The van der Waals surface area contributed by atoms with Crippen LogP contribution in [0.25, 0.3) is 18.2 Å². The molecule has 0 heteroatoms. The Labute approximate surface area is 96.6 Å². The average molecular weight is 206 g/mol. The van der Waals surface area contributed by atoms with Gasteiger partial charge < -0.3 is 0 Å². The Balaban J connectivity index is 2.27. The molecule has 0 aromatic heterocycles. The number of hydrogen-bond donors (Lipinski definition) is 0. The first-order chi connectivity index (χ1) is 7.90.